The second-order valence-electron chi connectivity index (χ2n) is 2.79. The molecule has 0 aliphatic rings. The van der Waals surface area contributed by atoms with Crippen LogP contribution in [0.25, 0.3) is 0 Å². The maximum atomic E-state index is 9.96. The number of hydrogen-bond acceptors (Lipinski definition) is 4. The average Bonchev–Trinajstić information content (AvgIpc) is 1.84. The largest absolute Gasteiger partial charge is 0.385 e. The number of nitro groups is 1. The summed E-state index contributed by atoms with van der Waals surface area (Å²) in [5, 5.41) is 19.1. The molecule has 0 saturated heterocycles. The van der Waals surface area contributed by atoms with Crippen molar-refractivity contribution in [2.75, 3.05) is 20.6 Å². The maximum Gasteiger partial charge on any atom is 0.230 e. The third-order valence-electron chi connectivity index (χ3n) is 1.71. The van der Waals surface area contributed by atoms with E-state index in [-0.39, 0.29) is 12.6 Å². The van der Waals surface area contributed by atoms with Gasteiger partial charge < -0.3 is 10.0 Å². The molecule has 11 heavy (non-hydrogen) atoms. The van der Waals surface area contributed by atoms with Crippen molar-refractivity contribution >= 4 is 0 Å². The molecule has 0 aromatic heterocycles. The molecule has 1 N–H and O–H groups in total. The van der Waals surface area contributed by atoms with Crippen LogP contribution < -0.4 is 0 Å². The van der Waals surface area contributed by atoms with E-state index in [9.17, 15) is 15.2 Å². The van der Waals surface area contributed by atoms with E-state index in [0.29, 0.717) is 0 Å². The summed E-state index contributed by atoms with van der Waals surface area (Å²) in [6.45, 7) is 1.35. The smallest absolute Gasteiger partial charge is 0.230 e. The van der Waals surface area contributed by atoms with Crippen LogP contribution in [0, 0.1) is 10.1 Å². The van der Waals surface area contributed by atoms with E-state index >= 15 is 0 Å². The summed E-state index contributed by atoms with van der Waals surface area (Å²) in [6, 6.07) is -0.180. The molecule has 0 radical (unpaired) electrons. The number of likely N-dealkylation sites (N-methyl/N-ethyl adjacent to an activating group) is 1. The van der Waals surface area contributed by atoms with E-state index in [1.165, 1.54) is 0 Å². The SMILES string of the molecule is CC(C(O)C[N+](=O)[O-])N(C)C. The quantitative estimate of drug-likeness (QED) is 0.450. The molecule has 2 unspecified atom stereocenters. The molecule has 66 valence electrons. The Morgan fingerprint density at radius 3 is 2.36 bits per heavy atom. The molecule has 0 aromatic rings. The zero-order chi connectivity index (χ0) is 9.02. The van der Waals surface area contributed by atoms with Crippen LogP contribution in [0.4, 0.5) is 0 Å². The number of aliphatic hydroxyl groups is 1. The first-order chi connectivity index (χ1) is 4.95. The average molecular weight is 162 g/mol. The summed E-state index contributed by atoms with van der Waals surface area (Å²) in [7, 11) is 3.54. The summed E-state index contributed by atoms with van der Waals surface area (Å²) in [5.74, 6) is 0. The fraction of sp³-hybridized carbons (Fsp3) is 1.00. The zero-order valence-electron chi connectivity index (χ0n) is 7.02. The van der Waals surface area contributed by atoms with Crippen LogP contribution in [-0.2, 0) is 0 Å². The highest BCUT2D eigenvalue weighted by Crippen LogP contribution is 1.98. The van der Waals surface area contributed by atoms with Gasteiger partial charge in [0.05, 0.1) is 0 Å². The highest BCUT2D eigenvalue weighted by molar-refractivity contribution is 4.68. The van der Waals surface area contributed by atoms with Crippen LogP contribution in [0.15, 0.2) is 0 Å². The first kappa shape index (κ1) is 10.3. The van der Waals surface area contributed by atoms with E-state index in [1.807, 2.05) is 0 Å². The Labute approximate surface area is 65.8 Å². The van der Waals surface area contributed by atoms with Crippen molar-refractivity contribution in [1.82, 2.24) is 4.90 Å². The normalized spacial score (nSPS) is 16.5. The van der Waals surface area contributed by atoms with Crippen LogP contribution in [0.5, 0.6) is 0 Å². The zero-order valence-corrected chi connectivity index (χ0v) is 7.02. The Kier molecular flexibility index (Phi) is 3.99. The fourth-order valence-electron chi connectivity index (χ4n) is 0.649. The van der Waals surface area contributed by atoms with Gasteiger partial charge in [0, 0.05) is 11.0 Å². The van der Waals surface area contributed by atoms with Crippen LogP contribution in [0.1, 0.15) is 6.92 Å². The molecule has 0 aliphatic heterocycles. The molecule has 5 heteroatoms. The minimum absolute atomic E-state index is 0.180. The Balaban J connectivity index is 3.82. The van der Waals surface area contributed by atoms with Crippen LogP contribution in [0.3, 0.4) is 0 Å². The molecule has 0 aliphatic carbocycles. The van der Waals surface area contributed by atoms with Crippen LogP contribution >= 0.6 is 0 Å². The molecular weight excluding hydrogens is 148 g/mol. The lowest BCUT2D eigenvalue weighted by Gasteiger charge is -2.22. The highest BCUT2D eigenvalue weighted by Gasteiger charge is 2.20. The van der Waals surface area contributed by atoms with Gasteiger partial charge in [0.1, 0.15) is 6.10 Å². The van der Waals surface area contributed by atoms with Gasteiger partial charge in [-0.25, -0.2) is 0 Å². The van der Waals surface area contributed by atoms with Gasteiger partial charge in [-0.05, 0) is 21.0 Å². The van der Waals surface area contributed by atoms with Gasteiger partial charge in [0.15, 0.2) is 0 Å². The van der Waals surface area contributed by atoms with Crippen molar-refractivity contribution in [3.63, 3.8) is 0 Å². The summed E-state index contributed by atoms with van der Waals surface area (Å²) in [6.07, 6.45) is -0.889. The highest BCUT2D eigenvalue weighted by atomic mass is 16.6. The van der Waals surface area contributed by atoms with Gasteiger partial charge in [0.2, 0.25) is 6.54 Å². The molecule has 0 heterocycles. The third-order valence-corrected chi connectivity index (χ3v) is 1.71. The molecule has 0 bridgehead atoms. The van der Waals surface area contributed by atoms with Gasteiger partial charge in [-0.1, -0.05) is 0 Å². The Bertz CT molecular complexity index is 138. The Hall–Kier alpha value is -0.680. The third kappa shape index (κ3) is 3.90. The monoisotopic (exact) mass is 162 g/mol. The Morgan fingerprint density at radius 1 is 1.64 bits per heavy atom. The molecule has 0 aromatic carbocycles. The van der Waals surface area contributed by atoms with E-state index in [0.717, 1.165) is 0 Å². The van der Waals surface area contributed by atoms with Crippen molar-refractivity contribution < 1.29 is 10.0 Å². The van der Waals surface area contributed by atoms with E-state index < -0.39 is 11.0 Å². The first-order valence-corrected chi connectivity index (χ1v) is 3.41. The minimum Gasteiger partial charge on any atom is -0.385 e. The predicted octanol–water partition coefficient (Wildman–Crippen LogP) is -0.426. The number of hydrogen-bond donors (Lipinski definition) is 1. The molecule has 0 saturated carbocycles. The van der Waals surface area contributed by atoms with Crippen LogP contribution in [0.2, 0.25) is 0 Å². The summed E-state index contributed by atoms with van der Waals surface area (Å²) >= 11 is 0. The molecule has 0 amide bonds. The standard InChI is InChI=1S/C6H14N2O3/c1-5(7(2)3)6(9)4-8(10)11/h5-6,9H,4H2,1-3H3. The maximum absolute atomic E-state index is 9.96. The summed E-state index contributed by atoms with van der Waals surface area (Å²) in [4.78, 5) is 11.2. The molecule has 0 spiro atoms. The van der Waals surface area contributed by atoms with Crippen molar-refractivity contribution in [3.05, 3.63) is 10.1 Å². The van der Waals surface area contributed by atoms with Gasteiger partial charge >= 0.3 is 0 Å². The second kappa shape index (κ2) is 4.25. The van der Waals surface area contributed by atoms with Crippen molar-refractivity contribution in [2.24, 2.45) is 0 Å². The van der Waals surface area contributed by atoms with Crippen molar-refractivity contribution in [2.45, 2.75) is 19.1 Å². The summed E-state index contributed by atoms with van der Waals surface area (Å²) in [5.41, 5.74) is 0. The van der Waals surface area contributed by atoms with Gasteiger partial charge in [-0.3, -0.25) is 10.1 Å². The second-order valence-corrected chi connectivity index (χ2v) is 2.79. The molecule has 0 fully saturated rings. The molecular formula is C6H14N2O3. The molecule has 0 rings (SSSR count). The number of aliphatic hydroxyl groups excluding tert-OH is 1. The number of nitrogens with zero attached hydrogens (tertiary/aromatic N) is 2. The van der Waals surface area contributed by atoms with Gasteiger partial charge in [-0.2, -0.15) is 0 Å². The number of rotatable bonds is 4. The topological polar surface area (TPSA) is 66.6 Å². The van der Waals surface area contributed by atoms with Crippen LogP contribution in [-0.4, -0.2) is 47.7 Å². The molecule has 5 nitrogen and oxygen atoms in total. The lowest BCUT2D eigenvalue weighted by molar-refractivity contribution is -0.491. The van der Waals surface area contributed by atoms with Crippen molar-refractivity contribution in [1.29, 1.82) is 0 Å². The fourth-order valence-corrected chi connectivity index (χ4v) is 0.649. The van der Waals surface area contributed by atoms with E-state index in [2.05, 4.69) is 0 Å². The van der Waals surface area contributed by atoms with Gasteiger partial charge in [-0.15, -0.1) is 0 Å². The summed E-state index contributed by atoms with van der Waals surface area (Å²) < 4.78 is 0. The lowest BCUT2D eigenvalue weighted by Crippen LogP contribution is -2.40. The molecule has 2 atom stereocenters. The van der Waals surface area contributed by atoms with Crippen molar-refractivity contribution in [3.8, 4) is 0 Å². The lowest BCUT2D eigenvalue weighted by atomic mass is 10.2. The predicted molar refractivity (Wildman–Crippen MR) is 41.0 cm³/mol. The van der Waals surface area contributed by atoms with E-state index in [1.54, 1.807) is 25.9 Å². The van der Waals surface area contributed by atoms with E-state index in [4.69, 9.17) is 0 Å². The minimum atomic E-state index is -0.889. The first-order valence-electron chi connectivity index (χ1n) is 3.41. The Morgan fingerprint density at radius 2 is 2.09 bits per heavy atom. The van der Waals surface area contributed by atoms with Gasteiger partial charge in [0.25, 0.3) is 0 Å².